The van der Waals surface area contributed by atoms with Crippen LogP contribution in [0.15, 0.2) is 83.3 Å². The summed E-state index contributed by atoms with van der Waals surface area (Å²) in [6.45, 7) is 5.45. The first-order chi connectivity index (χ1) is 17.7. The third kappa shape index (κ3) is 4.80. The van der Waals surface area contributed by atoms with Crippen molar-refractivity contribution in [2.75, 3.05) is 39.4 Å². The number of benzene rings is 3. The highest BCUT2D eigenvalue weighted by Crippen LogP contribution is 2.34. The number of hydrogen-bond donors (Lipinski definition) is 0. The molecule has 1 fully saturated rings. The zero-order chi connectivity index (χ0) is 24.3. The summed E-state index contributed by atoms with van der Waals surface area (Å²) >= 11 is 5.50. The number of rotatable bonds is 6. The van der Waals surface area contributed by atoms with E-state index in [1.165, 1.54) is 11.1 Å². The molecule has 3 aromatic carbocycles. The summed E-state index contributed by atoms with van der Waals surface area (Å²) in [6, 6.07) is 27.4. The van der Waals surface area contributed by atoms with Gasteiger partial charge in [0, 0.05) is 31.7 Å². The second-order valence-corrected chi connectivity index (χ2v) is 9.40. The van der Waals surface area contributed by atoms with Crippen molar-refractivity contribution < 1.29 is 13.9 Å². The highest BCUT2D eigenvalue weighted by atomic mass is 32.1. The van der Waals surface area contributed by atoms with Gasteiger partial charge >= 0.3 is 0 Å². The first-order valence-corrected chi connectivity index (χ1v) is 12.7. The number of hydrogen-bond acceptors (Lipinski definition) is 7. The standard InChI is InChI=1S/C28H28N4O3S/c36-28-32(29-27(35-28)23-11-12-24-25(19-23)34-18-17-33-24)20-30-13-15-31(16-14-30)26(21-7-3-1-4-8-21)22-9-5-2-6-10-22/h1-12,19,26H,13-18,20H2. The molecule has 0 unspecified atom stereocenters. The monoisotopic (exact) mass is 500 g/mol. The highest BCUT2D eigenvalue weighted by Gasteiger charge is 2.27. The van der Waals surface area contributed by atoms with Gasteiger partial charge in [0.05, 0.1) is 12.7 Å². The zero-order valence-corrected chi connectivity index (χ0v) is 20.8. The van der Waals surface area contributed by atoms with E-state index in [-0.39, 0.29) is 6.04 Å². The fraction of sp³-hybridized carbons (Fsp3) is 0.286. The van der Waals surface area contributed by atoms with Crippen LogP contribution in [0.4, 0.5) is 0 Å². The van der Waals surface area contributed by atoms with Gasteiger partial charge in [-0.1, -0.05) is 60.7 Å². The van der Waals surface area contributed by atoms with Gasteiger partial charge in [0.15, 0.2) is 11.5 Å². The molecule has 184 valence electrons. The zero-order valence-electron chi connectivity index (χ0n) is 20.0. The number of aromatic nitrogens is 2. The van der Waals surface area contributed by atoms with Gasteiger partial charge in [0.2, 0.25) is 5.89 Å². The van der Waals surface area contributed by atoms with Crippen molar-refractivity contribution in [1.82, 2.24) is 19.6 Å². The molecule has 2 aliphatic heterocycles. The molecule has 1 saturated heterocycles. The lowest BCUT2D eigenvalue weighted by Crippen LogP contribution is -2.48. The lowest BCUT2D eigenvalue weighted by atomic mass is 9.96. The van der Waals surface area contributed by atoms with Crippen molar-refractivity contribution in [1.29, 1.82) is 0 Å². The minimum absolute atomic E-state index is 0.241. The molecule has 0 aliphatic carbocycles. The topological polar surface area (TPSA) is 55.9 Å². The Kier molecular flexibility index (Phi) is 6.55. The first-order valence-electron chi connectivity index (χ1n) is 12.3. The molecular weight excluding hydrogens is 472 g/mol. The Morgan fingerprint density at radius 3 is 2.08 bits per heavy atom. The molecule has 0 radical (unpaired) electrons. The Morgan fingerprint density at radius 1 is 0.778 bits per heavy atom. The van der Waals surface area contributed by atoms with Gasteiger partial charge in [0.25, 0.3) is 4.84 Å². The van der Waals surface area contributed by atoms with Gasteiger partial charge in [-0.3, -0.25) is 9.80 Å². The molecule has 2 aliphatic rings. The van der Waals surface area contributed by atoms with Gasteiger partial charge in [0.1, 0.15) is 13.2 Å². The van der Waals surface area contributed by atoms with Crippen LogP contribution in [-0.4, -0.2) is 59.0 Å². The second-order valence-electron chi connectivity index (χ2n) is 9.05. The molecule has 7 nitrogen and oxygen atoms in total. The summed E-state index contributed by atoms with van der Waals surface area (Å²) < 4.78 is 18.9. The van der Waals surface area contributed by atoms with Gasteiger partial charge in [-0.05, 0) is 41.5 Å². The van der Waals surface area contributed by atoms with Crippen LogP contribution in [0.1, 0.15) is 17.2 Å². The van der Waals surface area contributed by atoms with Crippen LogP contribution in [0, 0.1) is 4.84 Å². The summed E-state index contributed by atoms with van der Waals surface area (Å²) in [4.78, 5) is 5.30. The lowest BCUT2D eigenvalue weighted by molar-refractivity contribution is 0.0838. The maximum Gasteiger partial charge on any atom is 0.288 e. The van der Waals surface area contributed by atoms with E-state index in [9.17, 15) is 0 Å². The normalized spacial score (nSPS) is 16.4. The van der Waals surface area contributed by atoms with Crippen LogP contribution in [0.2, 0.25) is 0 Å². The summed E-state index contributed by atoms with van der Waals surface area (Å²) in [6.07, 6.45) is 0. The van der Waals surface area contributed by atoms with E-state index in [2.05, 4.69) is 75.6 Å². The van der Waals surface area contributed by atoms with Gasteiger partial charge in [-0.2, -0.15) is 0 Å². The van der Waals surface area contributed by atoms with E-state index in [1.807, 2.05) is 18.2 Å². The summed E-state index contributed by atoms with van der Waals surface area (Å²) in [7, 11) is 0. The molecule has 0 saturated carbocycles. The summed E-state index contributed by atoms with van der Waals surface area (Å²) in [5.41, 5.74) is 3.46. The molecule has 0 N–H and O–H groups in total. The molecule has 36 heavy (non-hydrogen) atoms. The Labute approximate surface area is 215 Å². The van der Waals surface area contributed by atoms with E-state index in [0.717, 1.165) is 37.5 Å². The van der Waals surface area contributed by atoms with Crippen LogP contribution in [0.25, 0.3) is 11.5 Å². The lowest BCUT2D eigenvalue weighted by Gasteiger charge is -2.39. The molecule has 0 amide bonds. The van der Waals surface area contributed by atoms with Crippen LogP contribution in [0.5, 0.6) is 11.5 Å². The second kappa shape index (κ2) is 10.3. The molecule has 0 bridgehead atoms. The van der Waals surface area contributed by atoms with Crippen molar-refractivity contribution in [2.45, 2.75) is 12.7 Å². The summed E-state index contributed by atoms with van der Waals surface area (Å²) in [5.74, 6) is 1.94. The molecule has 0 atom stereocenters. The van der Waals surface area contributed by atoms with E-state index in [1.54, 1.807) is 4.68 Å². The Morgan fingerprint density at radius 2 is 1.42 bits per heavy atom. The largest absolute Gasteiger partial charge is 0.486 e. The highest BCUT2D eigenvalue weighted by molar-refractivity contribution is 7.71. The third-order valence-electron chi connectivity index (χ3n) is 6.73. The smallest absolute Gasteiger partial charge is 0.288 e. The van der Waals surface area contributed by atoms with E-state index >= 15 is 0 Å². The third-order valence-corrected chi connectivity index (χ3v) is 7.03. The fourth-order valence-corrected chi connectivity index (χ4v) is 5.10. The average molecular weight is 501 g/mol. The maximum absolute atomic E-state index is 5.84. The number of fused-ring (bicyclic) bond motifs is 1. The summed E-state index contributed by atoms with van der Waals surface area (Å²) in [5, 5.41) is 4.67. The minimum atomic E-state index is 0.241. The Bertz CT molecular complexity index is 1330. The molecule has 1 aromatic heterocycles. The van der Waals surface area contributed by atoms with Crippen molar-refractivity contribution in [3.8, 4) is 23.0 Å². The molecule has 8 heteroatoms. The molecular formula is C28H28N4O3S. The van der Waals surface area contributed by atoms with Gasteiger partial charge < -0.3 is 13.9 Å². The molecule has 3 heterocycles. The van der Waals surface area contributed by atoms with Gasteiger partial charge in [-0.25, -0.2) is 4.68 Å². The predicted octanol–water partition coefficient (Wildman–Crippen LogP) is 5.01. The predicted molar refractivity (Wildman–Crippen MR) is 140 cm³/mol. The average Bonchev–Trinajstić information content (AvgIpc) is 3.30. The van der Waals surface area contributed by atoms with Crippen molar-refractivity contribution in [3.05, 3.63) is 94.8 Å². The quantitative estimate of drug-likeness (QED) is 0.345. The SMILES string of the molecule is S=c1oc(-c2ccc3c(c2)OCCO3)nn1CN1CCN(C(c2ccccc2)c2ccccc2)CC1. The van der Waals surface area contributed by atoms with Crippen molar-refractivity contribution in [3.63, 3.8) is 0 Å². The molecule has 6 rings (SSSR count). The number of piperazine rings is 1. The maximum atomic E-state index is 5.84. The minimum Gasteiger partial charge on any atom is -0.486 e. The van der Waals surface area contributed by atoms with Crippen LogP contribution in [0.3, 0.4) is 0 Å². The van der Waals surface area contributed by atoms with Crippen LogP contribution < -0.4 is 9.47 Å². The molecule has 4 aromatic rings. The van der Waals surface area contributed by atoms with E-state index in [0.29, 0.717) is 36.4 Å². The van der Waals surface area contributed by atoms with Crippen molar-refractivity contribution in [2.24, 2.45) is 0 Å². The number of ether oxygens (including phenoxy) is 2. The number of nitrogens with zero attached hydrogens (tertiary/aromatic N) is 4. The Hall–Kier alpha value is -3.46. The molecule has 0 spiro atoms. The fourth-order valence-electron chi connectivity index (χ4n) is 4.93. The van der Waals surface area contributed by atoms with Crippen molar-refractivity contribution >= 4 is 12.2 Å². The van der Waals surface area contributed by atoms with Crippen LogP contribution in [-0.2, 0) is 6.67 Å². The van der Waals surface area contributed by atoms with E-state index in [4.69, 9.17) is 26.1 Å². The van der Waals surface area contributed by atoms with E-state index < -0.39 is 0 Å². The van der Waals surface area contributed by atoms with Gasteiger partial charge in [-0.15, -0.1) is 5.10 Å². The first kappa shape index (κ1) is 23.0. The van der Waals surface area contributed by atoms with Crippen LogP contribution >= 0.6 is 12.2 Å². The Balaban J connectivity index is 1.15.